The fourth-order valence-corrected chi connectivity index (χ4v) is 4.85. The van der Waals surface area contributed by atoms with Gasteiger partial charge in [-0.05, 0) is 37.1 Å². The van der Waals surface area contributed by atoms with Gasteiger partial charge in [-0.15, -0.1) is 11.3 Å². The maximum absolute atomic E-state index is 12.9. The first kappa shape index (κ1) is 21.6. The topological polar surface area (TPSA) is 86.1 Å². The summed E-state index contributed by atoms with van der Waals surface area (Å²) < 4.78 is 5.08. The molecule has 0 radical (unpaired) electrons. The first-order valence-electron chi connectivity index (χ1n) is 10.8. The fraction of sp³-hybridized carbons (Fsp3) is 0.500. The van der Waals surface area contributed by atoms with E-state index in [0.29, 0.717) is 42.6 Å². The monoisotopic (exact) mass is 444 g/mol. The van der Waals surface area contributed by atoms with Crippen LogP contribution in [0.3, 0.4) is 0 Å². The number of likely N-dealkylation sites (tertiary alicyclic amines) is 1. The summed E-state index contributed by atoms with van der Waals surface area (Å²) in [5.74, 6) is 0.0551. The highest BCUT2D eigenvalue weighted by molar-refractivity contribution is 7.18. The Bertz CT molecular complexity index is 895. The number of piperazine rings is 1. The molecule has 2 aliphatic heterocycles. The van der Waals surface area contributed by atoms with Crippen LogP contribution in [0.1, 0.15) is 45.9 Å². The van der Waals surface area contributed by atoms with Crippen LogP contribution in [0, 0.1) is 0 Å². The lowest BCUT2D eigenvalue weighted by atomic mass is 10.2. The van der Waals surface area contributed by atoms with Gasteiger partial charge < -0.3 is 19.5 Å². The van der Waals surface area contributed by atoms with E-state index >= 15 is 0 Å². The fourth-order valence-electron chi connectivity index (χ4n) is 3.98. The van der Waals surface area contributed by atoms with Gasteiger partial charge in [0.15, 0.2) is 5.76 Å². The summed E-state index contributed by atoms with van der Waals surface area (Å²) in [7, 11) is 0. The average Bonchev–Trinajstić information content (AvgIpc) is 3.40. The zero-order valence-electron chi connectivity index (χ0n) is 17.5. The normalized spacial score (nSPS) is 17.9. The highest BCUT2D eigenvalue weighted by atomic mass is 32.1. The van der Waals surface area contributed by atoms with Gasteiger partial charge in [-0.2, -0.15) is 0 Å². The maximum Gasteiger partial charge on any atom is 0.291 e. The van der Waals surface area contributed by atoms with Gasteiger partial charge in [0, 0.05) is 39.3 Å². The zero-order chi connectivity index (χ0) is 21.6. The summed E-state index contributed by atoms with van der Waals surface area (Å²) in [6, 6.07) is 6.71. The van der Waals surface area contributed by atoms with Crippen LogP contribution in [0.4, 0.5) is 5.00 Å². The van der Waals surface area contributed by atoms with E-state index in [1.165, 1.54) is 30.4 Å². The van der Waals surface area contributed by atoms with E-state index in [9.17, 15) is 14.4 Å². The Labute approximate surface area is 185 Å². The molecule has 8 nitrogen and oxygen atoms in total. The second kappa shape index (κ2) is 10.1. The molecule has 2 aromatic heterocycles. The number of carbonyl (C=O) groups excluding carboxylic acids is 3. The van der Waals surface area contributed by atoms with Gasteiger partial charge in [-0.25, -0.2) is 0 Å². The molecule has 9 heteroatoms. The van der Waals surface area contributed by atoms with Crippen LogP contribution in [0.15, 0.2) is 34.9 Å². The molecule has 2 aliphatic rings. The smallest absolute Gasteiger partial charge is 0.291 e. The highest BCUT2D eigenvalue weighted by Crippen LogP contribution is 2.24. The largest absolute Gasteiger partial charge is 0.459 e. The molecule has 0 aliphatic carbocycles. The van der Waals surface area contributed by atoms with Crippen LogP contribution < -0.4 is 5.32 Å². The Morgan fingerprint density at radius 1 is 0.903 bits per heavy atom. The van der Waals surface area contributed by atoms with Gasteiger partial charge in [-0.1, -0.05) is 12.8 Å². The van der Waals surface area contributed by atoms with Crippen LogP contribution in [-0.4, -0.2) is 78.2 Å². The minimum Gasteiger partial charge on any atom is -0.459 e. The van der Waals surface area contributed by atoms with Gasteiger partial charge in [0.1, 0.15) is 0 Å². The van der Waals surface area contributed by atoms with Crippen LogP contribution in [0.5, 0.6) is 0 Å². The van der Waals surface area contributed by atoms with Gasteiger partial charge >= 0.3 is 0 Å². The lowest BCUT2D eigenvalue weighted by Crippen LogP contribution is -2.51. The zero-order valence-corrected chi connectivity index (χ0v) is 18.4. The van der Waals surface area contributed by atoms with Gasteiger partial charge in [-0.3, -0.25) is 19.3 Å². The number of hydrogen-bond acceptors (Lipinski definition) is 6. The summed E-state index contributed by atoms with van der Waals surface area (Å²) in [6.45, 7) is 4.75. The van der Waals surface area contributed by atoms with Crippen molar-refractivity contribution in [3.05, 3.63) is 41.2 Å². The Balaban J connectivity index is 1.25. The quantitative estimate of drug-likeness (QED) is 0.766. The van der Waals surface area contributed by atoms with Crippen LogP contribution in [-0.2, 0) is 4.79 Å². The summed E-state index contributed by atoms with van der Waals surface area (Å²) in [4.78, 5) is 44.1. The van der Waals surface area contributed by atoms with Crippen molar-refractivity contribution in [3.63, 3.8) is 0 Å². The molecule has 2 aromatic rings. The number of hydrogen-bond donors (Lipinski definition) is 1. The van der Waals surface area contributed by atoms with E-state index in [0.717, 1.165) is 25.9 Å². The number of amides is 3. The molecule has 0 aromatic carbocycles. The molecular formula is C22H28N4O4S. The van der Waals surface area contributed by atoms with Crippen molar-refractivity contribution in [1.29, 1.82) is 0 Å². The Morgan fingerprint density at radius 2 is 1.65 bits per heavy atom. The second-order valence-electron chi connectivity index (χ2n) is 7.96. The molecule has 2 saturated heterocycles. The molecule has 4 heterocycles. The Morgan fingerprint density at radius 3 is 2.32 bits per heavy atom. The summed E-state index contributed by atoms with van der Waals surface area (Å²) in [5, 5.41) is 3.35. The first-order chi connectivity index (χ1) is 15.1. The number of rotatable bonds is 5. The minimum atomic E-state index is -0.339. The molecule has 31 heavy (non-hydrogen) atoms. The van der Waals surface area contributed by atoms with E-state index in [1.54, 1.807) is 24.3 Å². The van der Waals surface area contributed by atoms with Crippen molar-refractivity contribution in [1.82, 2.24) is 14.7 Å². The van der Waals surface area contributed by atoms with Crippen LogP contribution in [0.25, 0.3) is 0 Å². The molecule has 0 unspecified atom stereocenters. The molecule has 4 rings (SSSR count). The lowest BCUT2D eigenvalue weighted by Gasteiger charge is -2.35. The number of nitrogens with zero attached hydrogens (tertiary/aromatic N) is 3. The third-order valence-electron chi connectivity index (χ3n) is 5.78. The summed E-state index contributed by atoms with van der Waals surface area (Å²) in [6.07, 6.45) is 6.06. The van der Waals surface area contributed by atoms with Crippen molar-refractivity contribution < 1.29 is 18.8 Å². The third-order valence-corrected chi connectivity index (χ3v) is 6.76. The molecule has 0 saturated carbocycles. The third kappa shape index (κ3) is 5.54. The van der Waals surface area contributed by atoms with Gasteiger partial charge in [0.2, 0.25) is 5.91 Å². The van der Waals surface area contributed by atoms with E-state index in [2.05, 4.69) is 10.2 Å². The number of nitrogens with one attached hydrogen (secondary N) is 1. The van der Waals surface area contributed by atoms with E-state index in [1.807, 2.05) is 9.80 Å². The van der Waals surface area contributed by atoms with Gasteiger partial charge in [0.25, 0.3) is 11.8 Å². The highest BCUT2D eigenvalue weighted by Gasteiger charge is 2.26. The van der Waals surface area contributed by atoms with E-state index < -0.39 is 0 Å². The molecule has 166 valence electrons. The van der Waals surface area contributed by atoms with Crippen molar-refractivity contribution in [2.45, 2.75) is 25.7 Å². The average molecular weight is 445 g/mol. The SMILES string of the molecule is O=C(Nc1ccc(C(=O)N2CCN(CC(=O)N3CCCCCC3)CC2)s1)c1ccco1. The van der Waals surface area contributed by atoms with Gasteiger partial charge in [0.05, 0.1) is 22.7 Å². The van der Waals surface area contributed by atoms with E-state index in [-0.39, 0.29) is 23.5 Å². The lowest BCUT2D eigenvalue weighted by molar-refractivity contribution is -0.132. The Kier molecular flexibility index (Phi) is 7.03. The number of anilines is 1. The van der Waals surface area contributed by atoms with Crippen LogP contribution in [0.2, 0.25) is 0 Å². The summed E-state index contributed by atoms with van der Waals surface area (Å²) >= 11 is 1.25. The minimum absolute atomic E-state index is 0.0398. The molecule has 2 fully saturated rings. The molecular weight excluding hydrogens is 416 g/mol. The first-order valence-corrected chi connectivity index (χ1v) is 11.7. The molecule has 1 N–H and O–H groups in total. The number of furan rings is 1. The summed E-state index contributed by atoms with van der Waals surface area (Å²) in [5.41, 5.74) is 0. The number of thiophene rings is 1. The van der Waals surface area contributed by atoms with Crippen molar-refractivity contribution >= 4 is 34.1 Å². The number of carbonyl (C=O) groups is 3. The predicted molar refractivity (Wildman–Crippen MR) is 118 cm³/mol. The molecule has 0 atom stereocenters. The second-order valence-corrected chi connectivity index (χ2v) is 9.04. The van der Waals surface area contributed by atoms with Crippen LogP contribution >= 0.6 is 11.3 Å². The molecule has 0 spiro atoms. The molecule has 0 bridgehead atoms. The van der Waals surface area contributed by atoms with Crippen molar-refractivity contribution in [3.8, 4) is 0 Å². The standard InChI is InChI=1S/C22H28N4O4S/c27-20(25-9-3-1-2-4-10-25)16-24-11-13-26(14-12-24)22(29)18-7-8-19(31-18)23-21(28)17-6-5-15-30-17/h5-8,15H,1-4,9-14,16H2,(H,23,28). The van der Waals surface area contributed by atoms with Crippen molar-refractivity contribution in [2.24, 2.45) is 0 Å². The van der Waals surface area contributed by atoms with Crippen molar-refractivity contribution in [2.75, 3.05) is 51.1 Å². The maximum atomic E-state index is 12.9. The molecule has 3 amide bonds. The predicted octanol–water partition coefficient (Wildman–Crippen LogP) is 2.75. The Hall–Kier alpha value is -2.65. The van der Waals surface area contributed by atoms with E-state index in [4.69, 9.17) is 4.42 Å².